The highest BCUT2D eigenvalue weighted by Crippen LogP contribution is 2.49. The van der Waals surface area contributed by atoms with Crippen LogP contribution in [0.3, 0.4) is 0 Å². The van der Waals surface area contributed by atoms with Crippen LogP contribution in [0.15, 0.2) is 12.2 Å². The molecule has 3 rings (SSSR count). The molecule has 0 heterocycles. The van der Waals surface area contributed by atoms with E-state index in [-0.39, 0.29) is 0 Å². The second-order valence-corrected chi connectivity index (χ2v) is 4.49. The molecule has 0 aromatic rings. The Morgan fingerprint density at radius 1 is 1.25 bits per heavy atom. The molecule has 64 valence electrons. The molecular weight excluding hydrogens is 148 g/mol. The fourth-order valence-corrected chi connectivity index (χ4v) is 3.39. The van der Waals surface area contributed by atoms with E-state index in [1.54, 1.807) is 0 Å². The van der Waals surface area contributed by atoms with Crippen LogP contribution in [0, 0.1) is 23.7 Å². The van der Waals surface area contributed by atoms with Crippen molar-refractivity contribution in [3.63, 3.8) is 0 Å². The van der Waals surface area contributed by atoms with Crippen LogP contribution in [0.2, 0.25) is 0 Å². The van der Waals surface area contributed by atoms with E-state index in [0.29, 0.717) is 17.6 Å². The lowest BCUT2D eigenvalue weighted by Crippen LogP contribution is -2.33. The number of hydrogen-bond donors (Lipinski definition) is 0. The maximum Gasteiger partial charge on any atom is 0.143 e. The van der Waals surface area contributed by atoms with Gasteiger partial charge < -0.3 is 0 Å². The van der Waals surface area contributed by atoms with Gasteiger partial charge in [0.1, 0.15) is 5.78 Å². The molecule has 2 fully saturated rings. The van der Waals surface area contributed by atoms with Gasteiger partial charge in [0.25, 0.3) is 0 Å². The van der Waals surface area contributed by atoms with Gasteiger partial charge in [0.2, 0.25) is 0 Å². The number of carbonyl (C=O) groups excluding carboxylic acids is 1. The Bertz CT molecular complexity index is 254. The van der Waals surface area contributed by atoms with E-state index in [0.717, 1.165) is 18.3 Å². The van der Waals surface area contributed by atoms with E-state index in [4.69, 9.17) is 0 Å². The zero-order valence-corrected chi connectivity index (χ0v) is 7.20. The smallest absolute Gasteiger partial charge is 0.143 e. The third-order valence-electron chi connectivity index (χ3n) is 3.97. The van der Waals surface area contributed by atoms with Crippen LogP contribution in [0.1, 0.15) is 25.7 Å². The van der Waals surface area contributed by atoms with Crippen LogP contribution < -0.4 is 0 Å². The highest BCUT2D eigenvalue weighted by Gasteiger charge is 2.46. The number of carbonyl (C=O) groups is 1. The second-order valence-electron chi connectivity index (χ2n) is 4.49. The third kappa shape index (κ3) is 0.720. The van der Waals surface area contributed by atoms with Crippen LogP contribution in [0.25, 0.3) is 0 Å². The number of rotatable bonds is 0. The van der Waals surface area contributed by atoms with Crippen molar-refractivity contribution in [2.45, 2.75) is 25.7 Å². The molecule has 0 radical (unpaired) electrons. The first-order valence-corrected chi connectivity index (χ1v) is 5.08. The van der Waals surface area contributed by atoms with Gasteiger partial charge in [0.15, 0.2) is 0 Å². The largest absolute Gasteiger partial charge is 0.299 e. The topological polar surface area (TPSA) is 17.1 Å². The fraction of sp³-hybridized carbons (Fsp3) is 0.727. The summed E-state index contributed by atoms with van der Waals surface area (Å²) in [6.07, 6.45) is 9.37. The van der Waals surface area contributed by atoms with Crippen molar-refractivity contribution in [2.24, 2.45) is 23.7 Å². The normalized spacial score (nSPS) is 49.8. The Labute approximate surface area is 72.8 Å². The molecule has 0 aliphatic heterocycles. The molecule has 4 unspecified atom stereocenters. The highest BCUT2D eigenvalue weighted by atomic mass is 16.1. The first-order valence-electron chi connectivity index (χ1n) is 5.08. The van der Waals surface area contributed by atoms with E-state index < -0.39 is 0 Å². The SMILES string of the molecule is O=C1C2C=CC(C2)C2CCCC12. The monoisotopic (exact) mass is 162 g/mol. The summed E-state index contributed by atoms with van der Waals surface area (Å²) < 4.78 is 0. The summed E-state index contributed by atoms with van der Waals surface area (Å²) in [6, 6.07) is 0. The minimum Gasteiger partial charge on any atom is -0.299 e. The maximum atomic E-state index is 11.8. The van der Waals surface area contributed by atoms with Crippen molar-refractivity contribution < 1.29 is 4.79 Å². The Morgan fingerprint density at radius 3 is 3.08 bits per heavy atom. The highest BCUT2D eigenvalue weighted by molar-refractivity contribution is 5.87. The fourth-order valence-electron chi connectivity index (χ4n) is 3.39. The lowest BCUT2D eigenvalue weighted by Gasteiger charge is -2.30. The van der Waals surface area contributed by atoms with Crippen molar-refractivity contribution in [3.8, 4) is 0 Å². The summed E-state index contributed by atoms with van der Waals surface area (Å²) in [5, 5.41) is 0. The van der Waals surface area contributed by atoms with E-state index in [1.165, 1.54) is 19.3 Å². The van der Waals surface area contributed by atoms with Gasteiger partial charge in [-0.15, -0.1) is 0 Å². The molecule has 1 nitrogen and oxygen atoms in total. The van der Waals surface area contributed by atoms with E-state index in [1.807, 2.05) is 0 Å². The van der Waals surface area contributed by atoms with Crippen molar-refractivity contribution in [1.82, 2.24) is 0 Å². The van der Waals surface area contributed by atoms with E-state index in [2.05, 4.69) is 12.2 Å². The van der Waals surface area contributed by atoms with Gasteiger partial charge in [0, 0.05) is 11.8 Å². The van der Waals surface area contributed by atoms with Crippen LogP contribution >= 0.6 is 0 Å². The summed E-state index contributed by atoms with van der Waals surface area (Å²) in [5.41, 5.74) is 0. The number of Topliss-reactive ketones (excluding diaryl/α,β-unsaturated/α-hetero) is 1. The van der Waals surface area contributed by atoms with Crippen LogP contribution in [0.5, 0.6) is 0 Å². The summed E-state index contributed by atoms with van der Waals surface area (Å²) in [4.78, 5) is 11.8. The third-order valence-corrected chi connectivity index (χ3v) is 3.97. The van der Waals surface area contributed by atoms with Crippen molar-refractivity contribution in [2.75, 3.05) is 0 Å². The molecule has 3 aliphatic carbocycles. The van der Waals surface area contributed by atoms with Crippen LogP contribution in [0.4, 0.5) is 0 Å². The summed E-state index contributed by atoms with van der Waals surface area (Å²) in [5.74, 6) is 2.81. The quantitative estimate of drug-likeness (QED) is 0.499. The molecule has 2 bridgehead atoms. The minimum absolute atomic E-state index is 0.314. The average Bonchev–Trinajstić information content (AvgIpc) is 2.69. The minimum atomic E-state index is 0.314. The molecule has 0 aromatic heterocycles. The lowest BCUT2D eigenvalue weighted by molar-refractivity contribution is -0.129. The van der Waals surface area contributed by atoms with E-state index >= 15 is 0 Å². The molecule has 4 atom stereocenters. The zero-order chi connectivity index (χ0) is 8.13. The van der Waals surface area contributed by atoms with Crippen molar-refractivity contribution in [3.05, 3.63) is 12.2 Å². The average molecular weight is 162 g/mol. The number of fused-ring (bicyclic) bond motifs is 4. The summed E-state index contributed by atoms with van der Waals surface area (Å²) in [7, 11) is 0. The zero-order valence-electron chi connectivity index (χ0n) is 7.20. The van der Waals surface area contributed by atoms with Gasteiger partial charge in [-0.05, 0) is 31.1 Å². The number of hydrogen-bond acceptors (Lipinski definition) is 1. The molecule has 0 saturated heterocycles. The number of ketones is 1. The van der Waals surface area contributed by atoms with Crippen LogP contribution in [-0.2, 0) is 4.79 Å². The molecule has 0 aromatic carbocycles. The summed E-state index contributed by atoms with van der Waals surface area (Å²) in [6.45, 7) is 0. The van der Waals surface area contributed by atoms with E-state index in [9.17, 15) is 4.79 Å². The summed E-state index contributed by atoms with van der Waals surface area (Å²) >= 11 is 0. The van der Waals surface area contributed by atoms with Gasteiger partial charge in [-0.1, -0.05) is 18.6 Å². The van der Waals surface area contributed by atoms with Gasteiger partial charge in [-0.3, -0.25) is 4.79 Å². The second kappa shape index (κ2) is 2.21. The molecule has 0 N–H and O–H groups in total. The predicted molar refractivity (Wildman–Crippen MR) is 46.6 cm³/mol. The standard InChI is InChI=1S/C11H14O/c12-11-8-5-4-7(6-8)9-2-1-3-10(9)11/h4-5,7-10H,1-3,6H2. The Kier molecular flexibility index (Phi) is 1.27. The first-order chi connectivity index (χ1) is 5.86. The Balaban J connectivity index is 1.99. The van der Waals surface area contributed by atoms with Gasteiger partial charge >= 0.3 is 0 Å². The molecule has 3 aliphatic rings. The Hall–Kier alpha value is -0.590. The molecule has 0 spiro atoms. The number of allylic oxidation sites excluding steroid dienone is 2. The van der Waals surface area contributed by atoms with Gasteiger partial charge in [0.05, 0.1) is 0 Å². The lowest BCUT2D eigenvalue weighted by atomic mass is 9.72. The van der Waals surface area contributed by atoms with Crippen molar-refractivity contribution >= 4 is 5.78 Å². The molecule has 1 heteroatoms. The van der Waals surface area contributed by atoms with Gasteiger partial charge in [-0.2, -0.15) is 0 Å². The van der Waals surface area contributed by atoms with Gasteiger partial charge in [-0.25, -0.2) is 0 Å². The molecule has 0 amide bonds. The molecule has 12 heavy (non-hydrogen) atoms. The predicted octanol–water partition coefficient (Wildman–Crippen LogP) is 2.18. The molecular formula is C11H14O. The first kappa shape index (κ1) is 6.88. The maximum absolute atomic E-state index is 11.8. The van der Waals surface area contributed by atoms with Crippen LogP contribution in [-0.4, -0.2) is 5.78 Å². The molecule has 2 saturated carbocycles. The Morgan fingerprint density at radius 2 is 2.17 bits per heavy atom. The van der Waals surface area contributed by atoms with Crippen molar-refractivity contribution in [1.29, 1.82) is 0 Å².